The van der Waals surface area contributed by atoms with Crippen molar-refractivity contribution >= 4 is 12.0 Å². The van der Waals surface area contributed by atoms with Crippen molar-refractivity contribution in [3.8, 4) is 0 Å². The van der Waals surface area contributed by atoms with E-state index in [4.69, 9.17) is 5.11 Å². The third kappa shape index (κ3) is 2.19. The van der Waals surface area contributed by atoms with Gasteiger partial charge in [0.05, 0.1) is 0 Å². The van der Waals surface area contributed by atoms with E-state index in [-0.39, 0.29) is 5.82 Å². The number of halogens is 1. The summed E-state index contributed by atoms with van der Waals surface area (Å²) < 4.78 is 13.5. The van der Waals surface area contributed by atoms with Crippen molar-refractivity contribution in [2.75, 3.05) is 0 Å². The zero-order valence-corrected chi connectivity index (χ0v) is 8.04. The lowest BCUT2D eigenvalue weighted by Crippen LogP contribution is -1.93. The Morgan fingerprint density at radius 1 is 1.36 bits per heavy atom. The fraction of sp³-hybridized carbons (Fsp3) is 0.182. The molecule has 1 N–H and O–H groups in total. The van der Waals surface area contributed by atoms with Crippen LogP contribution in [0, 0.1) is 19.7 Å². The number of hydrogen-bond acceptors (Lipinski definition) is 1. The highest BCUT2D eigenvalue weighted by Crippen LogP contribution is 2.18. The molecule has 14 heavy (non-hydrogen) atoms. The van der Waals surface area contributed by atoms with Gasteiger partial charge in [-0.1, -0.05) is 12.1 Å². The lowest BCUT2D eigenvalue weighted by Gasteiger charge is -2.04. The first-order chi connectivity index (χ1) is 6.52. The van der Waals surface area contributed by atoms with Crippen LogP contribution in [0.5, 0.6) is 0 Å². The first kappa shape index (κ1) is 10.4. The molecule has 0 aliphatic heterocycles. The number of aliphatic carboxylic acids is 1. The Hall–Kier alpha value is -1.64. The molecule has 0 radical (unpaired) electrons. The van der Waals surface area contributed by atoms with Crippen LogP contribution in [0.25, 0.3) is 6.08 Å². The molecule has 1 aromatic carbocycles. The van der Waals surface area contributed by atoms with E-state index < -0.39 is 5.97 Å². The third-order valence-electron chi connectivity index (χ3n) is 1.98. The highest BCUT2D eigenvalue weighted by Gasteiger charge is 2.05. The second-order valence-corrected chi connectivity index (χ2v) is 3.10. The predicted octanol–water partition coefficient (Wildman–Crippen LogP) is 2.54. The molecule has 2 nitrogen and oxygen atoms in total. The minimum atomic E-state index is -1.08. The maximum atomic E-state index is 13.5. The van der Waals surface area contributed by atoms with Gasteiger partial charge in [0.1, 0.15) is 5.82 Å². The lowest BCUT2D eigenvalue weighted by molar-refractivity contribution is -0.131. The van der Waals surface area contributed by atoms with Gasteiger partial charge in [-0.3, -0.25) is 0 Å². The molecule has 0 amide bonds. The summed E-state index contributed by atoms with van der Waals surface area (Å²) in [6.45, 7) is 3.39. The van der Waals surface area contributed by atoms with E-state index in [1.807, 2.05) is 0 Å². The van der Waals surface area contributed by atoms with Gasteiger partial charge in [-0.25, -0.2) is 9.18 Å². The predicted molar refractivity (Wildman–Crippen MR) is 52.5 cm³/mol. The number of hydrogen-bond donors (Lipinski definition) is 1. The third-order valence-corrected chi connectivity index (χ3v) is 1.98. The van der Waals surface area contributed by atoms with Crippen molar-refractivity contribution in [3.63, 3.8) is 0 Å². The molecule has 0 saturated carbocycles. The maximum Gasteiger partial charge on any atom is 0.328 e. The second kappa shape index (κ2) is 4.05. The van der Waals surface area contributed by atoms with E-state index in [1.165, 1.54) is 6.08 Å². The van der Waals surface area contributed by atoms with Gasteiger partial charge in [0, 0.05) is 11.6 Å². The zero-order valence-electron chi connectivity index (χ0n) is 8.04. The molecule has 74 valence electrons. The van der Waals surface area contributed by atoms with Crippen molar-refractivity contribution in [3.05, 3.63) is 40.7 Å². The average Bonchev–Trinajstić information content (AvgIpc) is 2.11. The van der Waals surface area contributed by atoms with E-state index >= 15 is 0 Å². The van der Waals surface area contributed by atoms with E-state index in [9.17, 15) is 9.18 Å². The fourth-order valence-electron chi connectivity index (χ4n) is 1.16. The highest BCUT2D eigenvalue weighted by molar-refractivity contribution is 5.85. The van der Waals surface area contributed by atoms with E-state index in [2.05, 4.69) is 0 Å². The molecule has 0 spiro atoms. The normalized spacial score (nSPS) is 10.8. The number of aryl methyl sites for hydroxylation is 2. The highest BCUT2D eigenvalue weighted by atomic mass is 19.1. The molecule has 0 unspecified atom stereocenters. The van der Waals surface area contributed by atoms with Crippen LogP contribution in [-0.4, -0.2) is 11.1 Å². The van der Waals surface area contributed by atoms with E-state index in [1.54, 1.807) is 26.0 Å². The van der Waals surface area contributed by atoms with Crippen molar-refractivity contribution in [2.45, 2.75) is 13.8 Å². The standard InChI is InChI=1S/C11H11FO2/c1-7-3-4-8(2)11(12)9(7)5-6-10(13)14/h3-6H,1-2H3,(H,13,14)/b6-5+. The molecular weight excluding hydrogens is 183 g/mol. The average molecular weight is 194 g/mol. The summed E-state index contributed by atoms with van der Waals surface area (Å²) in [7, 11) is 0. The quantitative estimate of drug-likeness (QED) is 0.734. The molecule has 0 bridgehead atoms. The zero-order chi connectivity index (χ0) is 10.7. The molecule has 0 saturated heterocycles. The number of benzene rings is 1. The van der Waals surface area contributed by atoms with E-state index in [0.29, 0.717) is 11.1 Å². The first-order valence-corrected chi connectivity index (χ1v) is 4.19. The summed E-state index contributed by atoms with van der Waals surface area (Å²) in [6, 6.07) is 3.43. The van der Waals surface area contributed by atoms with Gasteiger partial charge in [-0.05, 0) is 31.1 Å². The topological polar surface area (TPSA) is 37.3 Å². The van der Waals surface area contributed by atoms with Crippen LogP contribution in [0.2, 0.25) is 0 Å². The molecule has 0 atom stereocenters. The number of carboxylic acids is 1. The molecule has 0 aliphatic rings. The largest absolute Gasteiger partial charge is 0.478 e. The van der Waals surface area contributed by atoms with Crippen LogP contribution < -0.4 is 0 Å². The van der Waals surface area contributed by atoms with E-state index in [0.717, 1.165) is 11.6 Å². The van der Waals surface area contributed by atoms with Gasteiger partial charge < -0.3 is 5.11 Å². The van der Waals surface area contributed by atoms with Gasteiger partial charge in [0.2, 0.25) is 0 Å². The van der Waals surface area contributed by atoms with Crippen molar-refractivity contribution in [1.82, 2.24) is 0 Å². The summed E-state index contributed by atoms with van der Waals surface area (Å²) >= 11 is 0. The monoisotopic (exact) mass is 194 g/mol. The molecule has 3 heteroatoms. The molecular formula is C11H11FO2. The van der Waals surface area contributed by atoms with Crippen LogP contribution in [-0.2, 0) is 4.79 Å². The van der Waals surface area contributed by atoms with Crippen LogP contribution in [0.3, 0.4) is 0 Å². The van der Waals surface area contributed by atoms with Crippen LogP contribution in [0.4, 0.5) is 4.39 Å². The molecule has 0 aromatic heterocycles. The summed E-state index contributed by atoms with van der Waals surface area (Å²) in [4.78, 5) is 10.3. The Morgan fingerprint density at radius 2 is 1.93 bits per heavy atom. The Kier molecular flexibility index (Phi) is 3.02. The van der Waals surface area contributed by atoms with Crippen molar-refractivity contribution < 1.29 is 14.3 Å². The smallest absolute Gasteiger partial charge is 0.328 e. The lowest BCUT2D eigenvalue weighted by atomic mass is 10.0. The number of carboxylic acid groups (broad SMARTS) is 1. The SMILES string of the molecule is Cc1ccc(C)c(/C=C/C(=O)O)c1F. The Balaban J connectivity index is 3.19. The van der Waals surface area contributed by atoms with Gasteiger partial charge in [-0.15, -0.1) is 0 Å². The summed E-state index contributed by atoms with van der Waals surface area (Å²) in [6.07, 6.45) is 2.21. The molecule has 0 heterocycles. The maximum absolute atomic E-state index is 13.5. The van der Waals surface area contributed by atoms with Crippen LogP contribution >= 0.6 is 0 Å². The second-order valence-electron chi connectivity index (χ2n) is 3.10. The summed E-state index contributed by atoms with van der Waals surface area (Å²) in [5.74, 6) is -1.44. The summed E-state index contributed by atoms with van der Waals surface area (Å²) in [5, 5.41) is 8.42. The Bertz CT molecular complexity index is 395. The van der Waals surface area contributed by atoms with Crippen LogP contribution in [0.1, 0.15) is 16.7 Å². The molecule has 1 aromatic rings. The van der Waals surface area contributed by atoms with Crippen molar-refractivity contribution in [2.24, 2.45) is 0 Å². The number of rotatable bonds is 2. The Labute approximate surface area is 81.7 Å². The molecule has 0 aliphatic carbocycles. The minimum Gasteiger partial charge on any atom is -0.478 e. The minimum absolute atomic E-state index is 0.340. The van der Waals surface area contributed by atoms with Crippen LogP contribution in [0.15, 0.2) is 18.2 Å². The molecule has 1 rings (SSSR count). The molecule has 0 fully saturated rings. The van der Waals surface area contributed by atoms with Gasteiger partial charge in [0.25, 0.3) is 0 Å². The fourth-order valence-corrected chi connectivity index (χ4v) is 1.16. The van der Waals surface area contributed by atoms with Gasteiger partial charge in [0.15, 0.2) is 0 Å². The first-order valence-electron chi connectivity index (χ1n) is 4.19. The number of carbonyl (C=O) groups is 1. The van der Waals surface area contributed by atoms with Crippen molar-refractivity contribution in [1.29, 1.82) is 0 Å². The van der Waals surface area contributed by atoms with Gasteiger partial charge >= 0.3 is 5.97 Å². The Morgan fingerprint density at radius 3 is 2.50 bits per heavy atom. The van der Waals surface area contributed by atoms with Gasteiger partial charge in [-0.2, -0.15) is 0 Å². The summed E-state index contributed by atoms with van der Waals surface area (Å²) in [5.41, 5.74) is 1.58.